The van der Waals surface area contributed by atoms with Crippen molar-refractivity contribution in [2.45, 2.75) is 43.8 Å². The maximum Gasteiger partial charge on any atom is 0.408 e. The molecule has 2 fully saturated rings. The summed E-state index contributed by atoms with van der Waals surface area (Å²) in [6, 6.07) is -1.74. The fraction of sp³-hybridized carbons (Fsp3) is 0.727. The van der Waals surface area contributed by atoms with Crippen LogP contribution in [0.1, 0.15) is 48.2 Å². The Morgan fingerprint density at radius 2 is 2.00 bits per heavy atom. The average Bonchev–Trinajstić information content (AvgIpc) is 2.91. The molecule has 0 N–H and O–H groups in total. The molecule has 0 aromatic carbocycles. The predicted molar refractivity (Wildman–Crippen MR) is 56.4 cm³/mol. The van der Waals surface area contributed by atoms with Crippen LogP contribution in [0.4, 0.5) is 13.2 Å². The molecular formula is C11H12F3N3O2. The lowest BCUT2D eigenvalue weighted by atomic mass is 10.2. The van der Waals surface area contributed by atoms with Crippen LogP contribution >= 0.6 is 0 Å². The predicted octanol–water partition coefficient (Wildman–Crippen LogP) is 2.11. The molecule has 19 heavy (non-hydrogen) atoms. The molecule has 5 nitrogen and oxygen atoms in total. The van der Waals surface area contributed by atoms with Gasteiger partial charge in [0.15, 0.2) is 0 Å². The molecule has 1 aromatic heterocycles. The monoisotopic (exact) mass is 275 g/mol. The highest BCUT2D eigenvalue weighted by Crippen LogP contribution is 2.39. The van der Waals surface area contributed by atoms with Gasteiger partial charge in [0, 0.05) is 12.5 Å². The number of hydrogen-bond donors (Lipinski definition) is 0. The van der Waals surface area contributed by atoms with Crippen molar-refractivity contribution in [3.05, 3.63) is 11.8 Å². The second kappa shape index (κ2) is 4.21. The Kier molecular flexibility index (Phi) is 2.75. The summed E-state index contributed by atoms with van der Waals surface area (Å²) < 4.78 is 43.5. The van der Waals surface area contributed by atoms with Gasteiger partial charge in [0.2, 0.25) is 5.89 Å². The van der Waals surface area contributed by atoms with Crippen LogP contribution in [0.15, 0.2) is 4.42 Å². The SMILES string of the molecule is O=C(c1nnc(C2CC2)o1)N1CCC[C@H]1C(F)(F)F. The van der Waals surface area contributed by atoms with Gasteiger partial charge in [-0.25, -0.2) is 0 Å². The molecule has 2 aliphatic rings. The summed E-state index contributed by atoms with van der Waals surface area (Å²) in [5.74, 6) is -0.630. The van der Waals surface area contributed by atoms with Gasteiger partial charge in [-0.2, -0.15) is 13.2 Å². The highest BCUT2D eigenvalue weighted by molar-refractivity contribution is 5.90. The first-order chi connectivity index (χ1) is 8.97. The van der Waals surface area contributed by atoms with E-state index in [1.807, 2.05) is 0 Å². The van der Waals surface area contributed by atoms with E-state index in [4.69, 9.17) is 4.42 Å². The molecule has 1 aliphatic heterocycles. The number of halogens is 3. The molecule has 1 amide bonds. The number of carbonyl (C=O) groups excluding carboxylic acids is 1. The molecule has 2 heterocycles. The quantitative estimate of drug-likeness (QED) is 0.829. The van der Waals surface area contributed by atoms with Crippen molar-refractivity contribution >= 4 is 5.91 Å². The Bertz CT molecular complexity index is 496. The number of amides is 1. The topological polar surface area (TPSA) is 59.2 Å². The van der Waals surface area contributed by atoms with E-state index < -0.39 is 18.1 Å². The average molecular weight is 275 g/mol. The number of hydrogen-bond acceptors (Lipinski definition) is 4. The summed E-state index contributed by atoms with van der Waals surface area (Å²) in [6.07, 6.45) is -2.31. The third-order valence-electron chi connectivity index (χ3n) is 3.44. The van der Waals surface area contributed by atoms with Crippen molar-refractivity contribution < 1.29 is 22.4 Å². The molecule has 0 radical (unpaired) electrons. The molecule has 1 atom stereocenters. The van der Waals surface area contributed by atoms with Crippen LogP contribution in [0, 0.1) is 0 Å². The van der Waals surface area contributed by atoms with E-state index >= 15 is 0 Å². The zero-order valence-electron chi connectivity index (χ0n) is 9.98. The van der Waals surface area contributed by atoms with Gasteiger partial charge >= 0.3 is 18.0 Å². The van der Waals surface area contributed by atoms with Gasteiger partial charge in [-0.05, 0) is 25.7 Å². The lowest BCUT2D eigenvalue weighted by Crippen LogP contribution is -2.44. The second-order valence-electron chi connectivity index (χ2n) is 4.92. The molecule has 1 aliphatic carbocycles. The van der Waals surface area contributed by atoms with Crippen LogP contribution in [0.2, 0.25) is 0 Å². The molecule has 8 heteroatoms. The zero-order chi connectivity index (χ0) is 13.6. The Morgan fingerprint density at radius 1 is 1.26 bits per heavy atom. The molecule has 1 aromatic rings. The maximum absolute atomic E-state index is 12.8. The van der Waals surface area contributed by atoms with E-state index in [-0.39, 0.29) is 24.8 Å². The van der Waals surface area contributed by atoms with Gasteiger partial charge in [0.05, 0.1) is 0 Å². The van der Waals surface area contributed by atoms with Crippen LogP contribution in [0.5, 0.6) is 0 Å². The lowest BCUT2D eigenvalue weighted by Gasteiger charge is -2.25. The largest absolute Gasteiger partial charge is 0.417 e. The summed E-state index contributed by atoms with van der Waals surface area (Å²) in [5.41, 5.74) is 0. The lowest BCUT2D eigenvalue weighted by molar-refractivity contribution is -0.169. The minimum absolute atomic E-state index is 0.0706. The first kappa shape index (κ1) is 12.4. The number of alkyl halides is 3. The Balaban J connectivity index is 1.78. The van der Waals surface area contributed by atoms with Crippen molar-refractivity contribution in [1.82, 2.24) is 15.1 Å². The van der Waals surface area contributed by atoms with Gasteiger partial charge in [-0.15, -0.1) is 10.2 Å². The fourth-order valence-electron chi connectivity index (χ4n) is 2.29. The summed E-state index contributed by atoms with van der Waals surface area (Å²) >= 11 is 0. The normalized spacial score (nSPS) is 23.9. The van der Waals surface area contributed by atoms with Gasteiger partial charge in [-0.3, -0.25) is 4.79 Å². The van der Waals surface area contributed by atoms with Crippen LogP contribution in [-0.2, 0) is 0 Å². The molecule has 1 saturated heterocycles. The smallest absolute Gasteiger partial charge is 0.408 e. The Labute approximate surface area is 106 Å². The standard InChI is InChI=1S/C11H12F3N3O2/c12-11(13,14)7-2-1-5-17(7)10(18)9-16-15-8(19-9)6-3-4-6/h6-7H,1-5H2/t7-/m0/s1. The summed E-state index contributed by atoms with van der Waals surface area (Å²) in [4.78, 5) is 12.8. The van der Waals surface area contributed by atoms with E-state index in [1.54, 1.807) is 0 Å². The zero-order valence-corrected chi connectivity index (χ0v) is 9.98. The summed E-state index contributed by atoms with van der Waals surface area (Å²) in [5, 5.41) is 7.28. The first-order valence-electron chi connectivity index (χ1n) is 6.18. The Morgan fingerprint density at radius 3 is 2.63 bits per heavy atom. The van der Waals surface area contributed by atoms with Crippen molar-refractivity contribution in [3.63, 3.8) is 0 Å². The molecule has 1 saturated carbocycles. The van der Waals surface area contributed by atoms with Crippen molar-refractivity contribution in [2.24, 2.45) is 0 Å². The number of carbonyl (C=O) groups is 1. The van der Waals surface area contributed by atoms with E-state index in [9.17, 15) is 18.0 Å². The van der Waals surface area contributed by atoms with Crippen LogP contribution in [0.3, 0.4) is 0 Å². The van der Waals surface area contributed by atoms with Crippen molar-refractivity contribution in [2.75, 3.05) is 6.54 Å². The summed E-state index contributed by atoms with van der Waals surface area (Å²) in [7, 11) is 0. The minimum atomic E-state index is -4.41. The van der Waals surface area contributed by atoms with Gasteiger partial charge in [0.1, 0.15) is 6.04 Å². The number of nitrogens with zero attached hydrogens (tertiary/aromatic N) is 3. The van der Waals surface area contributed by atoms with E-state index in [0.29, 0.717) is 12.3 Å². The molecule has 0 unspecified atom stereocenters. The maximum atomic E-state index is 12.8. The molecular weight excluding hydrogens is 263 g/mol. The number of rotatable bonds is 2. The highest BCUT2D eigenvalue weighted by Gasteiger charge is 2.48. The number of likely N-dealkylation sites (tertiary alicyclic amines) is 1. The fourth-order valence-corrected chi connectivity index (χ4v) is 2.29. The molecule has 0 bridgehead atoms. The van der Waals surface area contributed by atoms with E-state index in [1.165, 1.54) is 0 Å². The van der Waals surface area contributed by atoms with Crippen LogP contribution in [-0.4, -0.2) is 39.8 Å². The number of aromatic nitrogens is 2. The van der Waals surface area contributed by atoms with Gasteiger partial charge in [0.25, 0.3) is 0 Å². The molecule has 104 valence electrons. The van der Waals surface area contributed by atoms with Gasteiger partial charge in [-0.1, -0.05) is 0 Å². The van der Waals surface area contributed by atoms with E-state index in [2.05, 4.69) is 10.2 Å². The van der Waals surface area contributed by atoms with Gasteiger partial charge < -0.3 is 9.32 Å². The summed E-state index contributed by atoms with van der Waals surface area (Å²) in [6.45, 7) is 0.0736. The highest BCUT2D eigenvalue weighted by atomic mass is 19.4. The van der Waals surface area contributed by atoms with Crippen molar-refractivity contribution in [1.29, 1.82) is 0 Å². The Hall–Kier alpha value is -1.60. The van der Waals surface area contributed by atoms with Crippen LogP contribution in [0.25, 0.3) is 0 Å². The third kappa shape index (κ3) is 2.31. The van der Waals surface area contributed by atoms with Crippen molar-refractivity contribution in [3.8, 4) is 0 Å². The first-order valence-corrected chi connectivity index (χ1v) is 6.18. The second-order valence-corrected chi connectivity index (χ2v) is 4.92. The third-order valence-corrected chi connectivity index (χ3v) is 3.44. The minimum Gasteiger partial charge on any atom is -0.417 e. The van der Waals surface area contributed by atoms with Crippen LogP contribution < -0.4 is 0 Å². The molecule has 0 spiro atoms. The molecule has 3 rings (SSSR count). The van der Waals surface area contributed by atoms with E-state index in [0.717, 1.165) is 17.7 Å².